The summed E-state index contributed by atoms with van der Waals surface area (Å²) in [4.78, 5) is 0. The quantitative estimate of drug-likeness (QED) is 0.228. The van der Waals surface area contributed by atoms with E-state index in [0.29, 0.717) is 43.4 Å². The van der Waals surface area contributed by atoms with Crippen LogP contribution < -0.4 is 0 Å². The zero-order chi connectivity index (χ0) is 20.8. The molecule has 0 aromatic heterocycles. The summed E-state index contributed by atoms with van der Waals surface area (Å²) in [7, 11) is -3.17. The molecule has 3 N–H and O–H groups in total. The van der Waals surface area contributed by atoms with Gasteiger partial charge in [-0.2, -0.15) is 0 Å². The number of likely N-dealkylation sites (N-methyl/N-ethyl adjacent to an activating group) is 1. The molecule has 0 spiro atoms. The molecule has 9 heteroatoms. The molecule has 0 radical (unpaired) electrons. The Labute approximate surface area is 165 Å². The first kappa shape index (κ1) is 27.0. The molecule has 0 aliphatic heterocycles. The van der Waals surface area contributed by atoms with Crippen molar-refractivity contribution < 1.29 is 37.9 Å². The van der Waals surface area contributed by atoms with E-state index in [1.54, 1.807) is 6.92 Å². The summed E-state index contributed by atoms with van der Waals surface area (Å²) < 4.78 is 25.5. The predicted octanol–water partition coefficient (Wildman–Crippen LogP) is 0.903. The van der Waals surface area contributed by atoms with Crippen molar-refractivity contribution in [3.05, 3.63) is 0 Å². The Hall–Kier alpha value is -0.0500. The van der Waals surface area contributed by atoms with Crippen LogP contribution in [0.4, 0.5) is 0 Å². The lowest BCUT2D eigenvalue weighted by Gasteiger charge is -2.37. The summed E-state index contributed by atoms with van der Waals surface area (Å²) in [5.41, 5.74) is 0. The molecule has 27 heavy (non-hydrogen) atoms. The fourth-order valence-electron chi connectivity index (χ4n) is 3.42. The fraction of sp³-hybridized carbons (Fsp3) is 1.00. The zero-order valence-electron chi connectivity index (χ0n) is 17.8. The molecule has 0 fully saturated rings. The zero-order valence-corrected chi connectivity index (χ0v) is 18.7. The lowest BCUT2D eigenvalue weighted by molar-refractivity contribution is -0.929. The number of aliphatic hydroxyl groups excluding tert-OH is 3. The molecule has 0 aromatic rings. The number of hydrogen-bond acceptors (Lipinski definition) is 6. The average molecular weight is 415 g/mol. The third-order valence-electron chi connectivity index (χ3n) is 5.83. The van der Waals surface area contributed by atoms with Gasteiger partial charge in [-0.1, -0.05) is 6.92 Å². The van der Waals surface area contributed by atoms with Gasteiger partial charge in [-0.05, 0) is 20.8 Å². The number of aliphatic hydroxyl groups is 3. The van der Waals surface area contributed by atoms with E-state index in [9.17, 15) is 19.9 Å². The number of rotatable bonds is 18. The summed E-state index contributed by atoms with van der Waals surface area (Å²) in [6.07, 6.45) is 0.303. The molecule has 0 rings (SSSR count). The van der Waals surface area contributed by atoms with Crippen LogP contribution >= 0.6 is 7.60 Å². The molecule has 164 valence electrons. The van der Waals surface area contributed by atoms with Crippen LogP contribution in [0.2, 0.25) is 0 Å². The van der Waals surface area contributed by atoms with Crippen molar-refractivity contribution in [2.45, 2.75) is 27.7 Å². The van der Waals surface area contributed by atoms with Gasteiger partial charge in [-0.15, -0.1) is 0 Å². The van der Waals surface area contributed by atoms with E-state index in [1.165, 1.54) is 0 Å². The minimum Gasteiger partial charge on any atom is -0.391 e. The molecule has 1 unspecified atom stereocenters. The number of nitrogens with zero attached hydrogens (tertiary/aromatic N) is 2. The van der Waals surface area contributed by atoms with Crippen LogP contribution in [0, 0.1) is 0 Å². The molecule has 0 saturated heterocycles. The van der Waals surface area contributed by atoms with Crippen molar-refractivity contribution >= 4 is 7.60 Å². The van der Waals surface area contributed by atoms with Gasteiger partial charge in [0.2, 0.25) is 0 Å². The molecule has 0 bridgehead atoms. The highest BCUT2D eigenvalue weighted by molar-refractivity contribution is 7.53. The van der Waals surface area contributed by atoms with Crippen LogP contribution in [0.15, 0.2) is 0 Å². The van der Waals surface area contributed by atoms with E-state index < -0.39 is 7.60 Å². The maximum Gasteiger partial charge on any atom is 0.330 e. The molecular weight excluding hydrogens is 371 g/mol. The van der Waals surface area contributed by atoms with Crippen molar-refractivity contribution in [3.63, 3.8) is 0 Å². The summed E-state index contributed by atoms with van der Waals surface area (Å²) in [6.45, 7) is 14.2. The summed E-state index contributed by atoms with van der Waals surface area (Å²) >= 11 is 0. The SMILES string of the molecule is CC[N+](CC)(CC)CCOP(=O)(CC)OCC[N+](CCO)(CCO)CCO. The Bertz CT molecular complexity index is 395. The van der Waals surface area contributed by atoms with Crippen LogP contribution in [0.3, 0.4) is 0 Å². The van der Waals surface area contributed by atoms with Gasteiger partial charge in [0.15, 0.2) is 0 Å². The third-order valence-corrected chi connectivity index (χ3v) is 7.76. The lowest BCUT2D eigenvalue weighted by atomic mass is 10.3. The summed E-state index contributed by atoms with van der Waals surface area (Å²) in [5.74, 6) is 0. The molecule has 0 amide bonds. The second-order valence-electron chi connectivity index (χ2n) is 7.01. The van der Waals surface area contributed by atoms with E-state index in [0.717, 1.165) is 30.7 Å². The van der Waals surface area contributed by atoms with E-state index in [1.807, 2.05) is 0 Å². The van der Waals surface area contributed by atoms with E-state index in [4.69, 9.17) is 9.05 Å². The van der Waals surface area contributed by atoms with Crippen LogP contribution in [0.25, 0.3) is 0 Å². The highest BCUT2D eigenvalue weighted by Gasteiger charge is 2.30. The highest BCUT2D eigenvalue weighted by atomic mass is 31.2. The number of quaternary nitrogens is 2. The molecule has 0 aliphatic carbocycles. The predicted molar refractivity (Wildman–Crippen MR) is 108 cm³/mol. The Morgan fingerprint density at radius 3 is 1.33 bits per heavy atom. The van der Waals surface area contributed by atoms with E-state index in [2.05, 4.69) is 20.8 Å². The molecule has 8 nitrogen and oxygen atoms in total. The lowest BCUT2D eigenvalue weighted by Crippen LogP contribution is -2.55. The maximum atomic E-state index is 12.9. The van der Waals surface area contributed by atoms with Crippen LogP contribution in [-0.4, -0.2) is 116 Å². The van der Waals surface area contributed by atoms with Gasteiger partial charge >= 0.3 is 7.60 Å². The highest BCUT2D eigenvalue weighted by Crippen LogP contribution is 2.47. The van der Waals surface area contributed by atoms with Gasteiger partial charge < -0.3 is 33.3 Å². The monoisotopic (exact) mass is 414 g/mol. The van der Waals surface area contributed by atoms with Crippen molar-refractivity contribution in [1.29, 1.82) is 0 Å². The van der Waals surface area contributed by atoms with Gasteiger partial charge in [0.25, 0.3) is 0 Å². The standard InChI is InChI=1S/C18H43N2O6P/c1-5-19(6-2,7-3)12-17-25-27(24,8-4)26-18-13-20(9-14-21,10-15-22)11-16-23/h21-23H,5-18H2,1-4H3/q+2. The summed E-state index contributed by atoms with van der Waals surface area (Å²) in [5, 5.41) is 28.0. The Morgan fingerprint density at radius 2 is 1.04 bits per heavy atom. The smallest absolute Gasteiger partial charge is 0.330 e. The Morgan fingerprint density at radius 1 is 0.667 bits per heavy atom. The van der Waals surface area contributed by atoms with Gasteiger partial charge in [0, 0.05) is 6.16 Å². The largest absolute Gasteiger partial charge is 0.391 e. The molecule has 0 heterocycles. The first-order chi connectivity index (χ1) is 12.8. The molecule has 0 saturated carbocycles. The molecule has 0 aliphatic rings. The second-order valence-corrected chi connectivity index (χ2v) is 9.39. The first-order valence-corrected chi connectivity index (χ1v) is 12.0. The number of hydrogen-bond donors (Lipinski definition) is 3. The molecule has 1 atom stereocenters. The van der Waals surface area contributed by atoms with Gasteiger partial charge in [0.1, 0.15) is 45.9 Å². The topological polar surface area (TPSA) is 96.2 Å². The third kappa shape index (κ3) is 9.33. The molecule has 0 aromatic carbocycles. The van der Waals surface area contributed by atoms with Crippen molar-refractivity contribution in [2.75, 3.05) is 91.6 Å². The van der Waals surface area contributed by atoms with Gasteiger partial charge in [-0.3, -0.25) is 4.57 Å². The minimum absolute atomic E-state index is 0.0486. The normalized spacial score (nSPS) is 15.1. The fourth-order valence-corrected chi connectivity index (χ4v) is 4.58. The van der Waals surface area contributed by atoms with Crippen LogP contribution in [0.1, 0.15) is 27.7 Å². The van der Waals surface area contributed by atoms with E-state index >= 15 is 0 Å². The van der Waals surface area contributed by atoms with Crippen LogP contribution in [0.5, 0.6) is 0 Å². The van der Waals surface area contributed by atoms with Crippen molar-refractivity contribution in [1.82, 2.24) is 0 Å². The second kappa shape index (κ2) is 14.0. The van der Waals surface area contributed by atoms with Crippen molar-refractivity contribution in [3.8, 4) is 0 Å². The first-order valence-electron chi connectivity index (χ1n) is 10.2. The summed E-state index contributed by atoms with van der Waals surface area (Å²) in [6, 6.07) is 0. The minimum atomic E-state index is -3.17. The van der Waals surface area contributed by atoms with Crippen molar-refractivity contribution in [2.24, 2.45) is 0 Å². The molecular formula is C18H43N2O6P+2. The average Bonchev–Trinajstić information content (AvgIpc) is 2.66. The van der Waals surface area contributed by atoms with Crippen LogP contribution in [-0.2, 0) is 13.6 Å². The Balaban J connectivity index is 4.73. The van der Waals surface area contributed by atoms with E-state index in [-0.39, 0.29) is 26.4 Å². The maximum absolute atomic E-state index is 12.9. The Kier molecular flexibility index (Phi) is 14.0. The van der Waals surface area contributed by atoms with Gasteiger partial charge in [0.05, 0.1) is 39.5 Å². The van der Waals surface area contributed by atoms with Gasteiger partial charge in [-0.25, -0.2) is 0 Å².